The average molecular weight is 567 g/mol. The van der Waals surface area contributed by atoms with Crippen molar-refractivity contribution >= 4 is 45.2 Å². The summed E-state index contributed by atoms with van der Waals surface area (Å²) in [5, 5.41) is 26.6. The Hall–Kier alpha value is -3.48. The third-order valence-corrected chi connectivity index (χ3v) is 8.49. The highest BCUT2D eigenvalue weighted by Crippen LogP contribution is 2.30. The van der Waals surface area contributed by atoms with Crippen LogP contribution in [-0.4, -0.2) is 51.8 Å². The van der Waals surface area contributed by atoms with E-state index in [1.807, 2.05) is 55.6 Å². The Morgan fingerprint density at radius 3 is 2.28 bits per heavy atom. The summed E-state index contributed by atoms with van der Waals surface area (Å²) in [7, 11) is 1.84. The zero-order valence-corrected chi connectivity index (χ0v) is 23.1. The van der Waals surface area contributed by atoms with Crippen molar-refractivity contribution in [2.24, 2.45) is 0 Å². The van der Waals surface area contributed by atoms with Crippen LogP contribution < -0.4 is 25.4 Å². The van der Waals surface area contributed by atoms with Gasteiger partial charge in [-0.2, -0.15) is 0 Å². The summed E-state index contributed by atoms with van der Waals surface area (Å²) in [5.41, 5.74) is 2.03. The second-order valence-corrected chi connectivity index (χ2v) is 11.6. The van der Waals surface area contributed by atoms with Crippen LogP contribution in [-0.2, 0) is 28.9 Å². The zero-order chi connectivity index (χ0) is 27.2. The van der Waals surface area contributed by atoms with Gasteiger partial charge >= 0.3 is 0 Å². The van der Waals surface area contributed by atoms with Gasteiger partial charge in [-0.25, -0.2) is 0 Å². The number of amidine groups is 1. The minimum Gasteiger partial charge on any atom is -0.480 e. The molecule has 3 aromatic rings. The van der Waals surface area contributed by atoms with E-state index in [0.29, 0.717) is 18.0 Å². The Morgan fingerprint density at radius 1 is 1.00 bits per heavy atom. The number of nitrogens with zero attached hydrogens (tertiary/aromatic N) is 2. The second kappa shape index (κ2) is 12.6. The Labute approximate surface area is 234 Å². The number of benzene rings is 2. The average Bonchev–Trinajstić information content (AvgIpc) is 3.68. The number of hydrogen-bond acceptors (Lipinski definition) is 10. The van der Waals surface area contributed by atoms with Crippen molar-refractivity contribution in [3.8, 4) is 11.5 Å². The lowest BCUT2D eigenvalue weighted by Crippen LogP contribution is -2.40. The molecule has 1 aromatic heterocycles. The van der Waals surface area contributed by atoms with Gasteiger partial charge in [0.05, 0.1) is 5.37 Å². The minimum absolute atomic E-state index is 0.0145. The first-order valence-electron chi connectivity index (χ1n) is 12.8. The Morgan fingerprint density at radius 2 is 1.64 bits per heavy atom. The first-order chi connectivity index (χ1) is 19.0. The molecule has 39 heavy (non-hydrogen) atoms. The van der Waals surface area contributed by atoms with Crippen molar-refractivity contribution in [2.45, 2.75) is 56.1 Å². The Kier molecular flexibility index (Phi) is 8.74. The number of para-hydroxylation sites is 2. The van der Waals surface area contributed by atoms with Crippen LogP contribution in [0.3, 0.4) is 0 Å². The van der Waals surface area contributed by atoms with E-state index in [1.54, 1.807) is 0 Å². The van der Waals surface area contributed by atoms with Gasteiger partial charge < -0.3 is 20.1 Å². The zero-order valence-electron chi connectivity index (χ0n) is 21.4. The van der Waals surface area contributed by atoms with Gasteiger partial charge in [0, 0.05) is 19.3 Å². The Bertz CT molecular complexity index is 1300. The molecule has 2 aliphatic rings. The van der Waals surface area contributed by atoms with E-state index in [1.165, 1.54) is 23.1 Å². The molecule has 3 atom stereocenters. The number of rotatable bonds is 10. The summed E-state index contributed by atoms with van der Waals surface area (Å²) < 4.78 is 11.5. The van der Waals surface area contributed by atoms with Gasteiger partial charge in [-0.15, -0.1) is 10.2 Å². The lowest BCUT2D eigenvalue weighted by atomic mass is 10.1. The lowest BCUT2D eigenvalue weighted by molar-refractivity contribution is -0.125. The fourth-order valence-electron chi connectivity index (χ4n) is 4.48. The smallest absolute Gasteiger partial charge is 0.267 e. The van der Waals surface area contributed by atoms with Gasteiger partial charge in [0.15, 0.2) is 17.4 Å². The summed E-state index contributed by atoms with van der Waals surface area (Å²) in [6.45, 7) is 0. The number of aryl methyl sites for hydroxylation is 1. The quantitative estimate of drug-likeness (QED) is 0.127. The van der Waals surface area contributed by atoms with Gasteiger partial charge in [-0.05, 0) is 43.1 Å². The molecule has 204 valence electrons. The topological polar surface area (TPSA) is 138 Å². The largest absolute Gasteiger partial charge is 0.480 e. The fraction of sp³-hybridized carbons (Fsp3) is 0.370. The van der Waals surface area contributed by atoms with Crippen LogP contribution in [0.2, 0.25) is 0 Å². The number of aromatic nitrogens is 2. The molecular formula is C27H30N6O4S2. The summed E-state index contributed by atoms with van der Waals surface area (Å²) in [4.78, 5) is 25.1. The molecule has 4 N–H and O–H groups in total. The van der Waals surface area contributed by atoms with Crippen molar-refractivity contribution in [3.63, 3.8) is 0 Å². The number of fused-ring (bicyclic) bond motifs is 2. The molecule has 0 fully saturated rings. The van der Waals surface area contributed by atoms with Crippen LogP contribution in [0.5, 0.6) is 11.5 Å². The number of unbranched alkanes of at least 4 members (excludes halogenated alkanes) is 1. The van der Waals surface area contributed by atoms with Gasteiger partial charge in [0.25, 0.3) is 11.8 Å². The van der Waals surface area contributed by atoms with Crippen LogP contribution >= 0.6 is 23.1 Å². The molecule has 0 bridgehead atoms. The molecule has 3 unspecified atom stereocenters. The normalized spacial score (nSPS) is 17.9. The molecule has 10 nitrogen and oxygen atoms in total. The van der Waals surface area contributed by atoms with Crippen molar-refractivity contribution in [1.29, 1.82) is 5.41 Å². The van der Waals surface area contributed by atoms with Crippen molar-refractivity contribution < 1.29 is 19.1 Å². The highest BCUT2D eigenvalue weighted by atomic mass is 32.2. The van der Waals surface area contributed by atoms with E-state index in [4.69, 9.17) is 14.9 Å². The molecule has 0 saturated carbocycles. The van der Waals surface area contributed by atoms with Crippen molar-refractivity contribution in [2.75, 3.05) is 12.4 Å². The molecule has 0 saturated heterocycles. The second-order valence-electron chi connectivity index (χ2n) is 9.29. The maximum Gasteiger partial charge on any atom is 0.267 e. The van der Waals surface area contributed by atoms with E-state index in [9.17, 15) is 9.59 Å². The van der Waals surface area contributed by atoms with Crippen molar-refractivity contribution in [1.82, 2.24) is 20.8 Å². The van der Waals surface area contributed by atoms with Gasteiger partial charge in [-0.3, -0.25) is 20.3 Å². The number of anilines is 1. The summed E-state index contributed by atoms with van der Waals surface area (Å²) in [6.07, 6.45) is 3.22. The third kappa shape index (κ3) is 6.94. The summed E-state index contributed by atoms with van der Waals surface area (Å²) >= 11 is 2.65. The highest BCUT2D eigenvalue weighted by molar-refractivity contribution is 8.14. The molecule has 2 aliphatic heterocycles. The van der Waals surface area contributed by atoms with E-state index in [2.05, 4.69) is 26.1 Å². The minimum atomic E-state index is -0.611. The number of amides is 2. The first-order valence-corrected chi connectivity index (χ1v) is 14.5. The number of ether oxygens (including phenoxy) is 2. The third-order valence-electron chi connectivity index (χ3n) is 6.50. The maximum atomic E-state index is 12.6. The van der Waals surface area contributed by atoms with E-state index < -0.39 is 12.2 Å². The predicted molar refractivity (Wildman–Crippen MR) is 152 cm³/mol. The van der Waals surface area contributed by atoms with Crippen LogP contribution in [0.4, 0.5) is 5.13 Å². The fourth-order valence-corrected chi connectivity index (χ4v) is 6.11. The number of thioether (sulfide) groups is 1. The van der Waals surface area contributed by atoms with E-state index in [0.717, 1.165) is 53.3 Å². The van der Waals surface area contributed by atoms with Crippen LogP contribution in [0.15, 0.2) is 48.5 Å². The predicted octanol–water partition coefficient (Wildman–Crippen LogP) is 3.53. The standard InChI is InChI=1S/C27H30N6O4S2/c1-29-22(38-26(28)30-24(34)20-14-16-8-2-4-10-18(16)36-20)12-6-7-13-23-32-33-27(39-23)31-25(35)21-15-17-9-3-5-11-19(17)37-21/h2-5,8-11,20-22,29H,6-7,12-15H2,1H3,(H2,28,30,34)(H,31,33,35). The van der Waals surface area contributed by atoms with Crippen molar-refractivity contribution in [3.05, 3.63) is 64.7 Å². The van der Waals surface area contributed by atoms with Gasteiger partial charge in [-0.1, -0.05) is 65.9 Å². The number of carbonyl (C=O) groups is 2. The molecule has 0 radical (unpaired) electrons. The van der Waals surface area contributed by atoms with Gasteiger partial charge in [0.2, 0.25) is 5.13 Å². The van der Waals surface area contributed by atoms with Crippen LogP contribution in [0, 0.1) is 5.41 Å². The molecule has 0 aliphatic carbocycles. The van der Waals surface area contributed by atoms with E-state index >= 15 is 0 Å². The SMILES string of the molecule is CNC(CCCCc1nnc(NC(=O)C2Cc3ccccc3O2)s1)SC(=N)NC(=O)C1Cc2ccccc2O1. The monoisotopic (exact) mass is 566 g/mol. The summed E-state index contributed by atoms with van der Waals surface area (Å²) in [5.74, 6) is 0.951. The lowest BCUT2D eigenvalue weighted by Gasteiger charge is -2.17. The van der Waals surface area contributed by atoms with E-state index in [-0.39, 0.29) is 22.4 Å². The maximum absolute atomic E-state index is 12.6. The number of carbonyl (C=O) groups excluding carboxylic acids is 2. The molecule has 5 rings (SSSR count). The first kappa shape index (κ1) is 27.1. The molecule has 0 spiro atoms. The molecule has 12 heteroatoms. The van der Waals surface area contributed by atoms with Crippen LogP contribution in [0.1, 0.15) is 35.4 Å². The molecule has 2 amide bonds. The molecule has 3 heterocycles. The Balaban J connectivity index is 0.990. The summed E-state index contributed by atoms with van der Waals surface area (Å²) in [6, 6.07) is 15.3. The number of nitrogens with one attached hydrogen (secondary N) is 4. The molecule has 2 aromatic carbocycles. The molecular weight excluding hydrogens is 536 g/mol. The highest BCUT2D eigenvalue weighted by Gasteiger charge is 2.30. The number of hydrogen-bond donors (Lipinski definition) is 4. The van der Waals surface area contributed by atoms with Crippen LogP contribution in [0.25, 0.3) is 0 Å². The van der Waals surface area contributed by atoms with Gasteiger partial charge in [0.1, 0.15) is 16.5 Å².